The summed E-state index contributed by atoms with van der Waals surface area (Å²) < 4.78 is 7.49. The first-order valence-corrected chi connectivity index (χ1v) is 9.64. The molecule has 0 saturated heterocycles. The van der Waals surface area contributed by atoms with Crippen LogP contribution in [0.5, 0.6) is 5.75 Å². The van der Waals surface area contributed by atoms with Gasteiger partial charge in [-0.05, 0) is 24.0 Å². The van der Waals surface area contributed by atoms with Crippen LogP contribution in [-0.2, 0) is 19.4 Å². The van der Waals surface area contributed by atoms with E-state index < -0.39 is 0 Å². The molecule has 0 bridgehead atoms. The lowest BCUT2D eigenvalue weighted by atomic mass is 10.1. The molecule has 0 aliphatic rings. The third-order valence-corrected chi connectivity index (χ3v) is 4.15. The third kappa shape index (κ3) is 8.04. The van der Waals surface area contributed by atoms with E-state index in [1.807, 2.05) is 18.2 Å². The van der Waals surface area contributed by atoms with Crippen LogP contribution < -0.4 is 15.4 Å². The molecule has 0 amide bonds. The second-order valence-electron chi connectivity index (χ2n) is 6.79. The third-order valence-electron chi connectivity index (χ3n) is 4.15. The molecule has 0 aliphatic heterocycles. The highest BCUT2D eigenvalue weighted by atomic mass is 127. The topological polar surface area (TPSA) is 76.4 Å². The van der Waals surface area contributed by atoms with Crippen LogP contribution in [0.15, 0.2) is 35.6 Å². The van der Waals surface area contributed by atoms with E-state index in [4.69, 9.17) is 4.74 Å². The molecule has 1 aromatic carbocycles. The number of aromatic nitrogens is 3. The number of hydrogen-bond acceptors (Lipinski definition) is 4. The van der Waals surface area contributed by atoms with Crippen molar-refractivity contribution < 1.29 is 4.74 Å². The number of hydrogen-bond donors (Lipinski definition) is 2. The minimum atomic E-state index is 0. The fourth-order valence-corrected chi connectivity index (χ4v) is 2.71. The smallest absolute Gasteiger partial charge is 0.191 e. The normalized spacial score (nSPS) is 11.2. The molecule has 2 aromatic rings. The molecule has 8 heteroatoms. The Labute approximate surface area is 185 Å². The Morgan fingerprint density at radius 1 is 1.21 bits per heavy atom. The zero-order valence-electron chi connectivity index (χ0n) is 17.3. The van der Waals surface area contributed by atoms with Crippen molar-refractivity contribution in [2.24, 2.45) is 10.9 Å². The van der Waals surface area contributed by atoms with Gasteiger partial charge in [-0.25, -0.2) is 0 Å². The largest absolute Gasteiger partial charge is 0.496 e. The number of guanidine groups is 1. The van der Waals surface area contributed by atoms with Crippen LogP contribution >= 0.6 is 24.0 Å². The summed E-state index contributed by atoms with van der Waals surface area (Å²) in [5.41, 5.74) is 1.19. The van der Waals surface area contributed by atoms with Crippen LogP contribution in [0, 0.1) is 5.92 Å². The first-order valence-electron chi connectivity index (χ1n) is 9.64. The molecule has 1 aromatic heterocycles. The first-order chi connectivity index (χ1) is 13.1. The fourth-order valence-electron chi connectivity index (χ4n) is 2.71. The minimum absolute atomic E-state index is 0. The number of aliphatic imine (C=N–C) groups is 1. The highest BCUT2D eigenvalue weighted by molar-refractivity contribution is 14.0. The van der Waals surface area contributed by atoms with Crippen LogP contribution in [0.1, 0.15) is 32.2 Å². The van der Waals surface area contributed by atoms with E-state index in [1.165, 1.54) is 5.56 Å². The van der Waals surface area contributed by atoms with Gasteiger partial charge in [0, 0.05) is 32.6 Å². The molecule has 2 rings (SSSR count). The van der Waals surface area contributed by atoms with Gasteiger partial charge in [-0.1, -0.05) is 39.0 Å². The molecule has 0 saturated carbocycles. The number of nitrogens with zero attached hydrogens (tertiary/aromatic N) is 4. The van der Waals surface area contributed by atoms with E-state index in [0.29, 0.717) is 5.92 Å². The lowest BCUT2D eigenvalue weighted by molar-refractivity contribution is 0.409. The molecule has 0 fully saturated rings. The predicted octanol–water partition coefficient (Wildman–Crippen LogP) is 2.90. The average molecular weight is 500 g/mol. The number of aryl methyl sites for hydroxylation is 1. The van der Waals surface area contributed by atoms with Crippen LogP contribution in [0.2, 0.25) is 0 Å². The van der Waals surface area contributed by atoms with Gasteiger partial charge in [0.15, 0.2) is 5.96 Å². The van der Waals surface area contributed by atoms with Crippen molar-refractivity contribution in [1.82, 2.24) is 25.4 Å². The van der Waals surface area contributed by atoms with Gasteiger partial charge >= 0.3 is 0 Å². The number of benzene rings is 1. The molecule has 0 aliphatic carbocycles. The quantitative estimate of drug-likeness (QED) is 0.298. The Bertz CT molecular complexity index is 716. The Hall–Kier alpha value is -1.84. The number of para-hydroxylation sites is 1. The SMILES string of the molecule is CCc1nncn1CCNC(=NCC(C)C)NCCc1ccccc1OC.I. The van der Waals surface area contributed by atoms with E-state index in [-0.39, 0.29) is 24.0 Å². The monoisotopic (exact) mass is 500 g/mol. The molecule has 28 heavy (non-hydrogen) atoms. The standard InChI is InChI=1S/C20H32N6O.HI/c1-5-19-25-24-15-26(19)13-12-22-20(23-14-16(2)3)21-11-10-17-8-6-7-9-18(17)27-4;/h6-9,15-16H,5,10-14H2,1-4H3,(H2,21,22,23);1H. The molecule has 0 spiro atoms. The van der Waals surface area contributed by atoms with Gasteiger partial charge in [-0.15, -0.1) is 34.2 Å². The van der Waals surface area contributed by atoms with E-state index in [1.54, 1.807) is 13.4 Å². The van der Waals surface area contributed by atoms with Crippen molar-refractivity contribution in [3.63, 3.8) is 0 Å². The van der Waals surface area contributed by atoms with Crippen LogP contribution in [0.3, 0.4) is 0 Å². The average Bonchev–Trinajstić information content (AvgIpc) is 3.13. The first kappa shape index (κ1) is 24.2. The molecule has 1 heterocycles. The van der Waals surface area contributed by atoms with Crippen molar-refractivity contribution in [1.29, 1.82) is 0 Å². The molecule has 0 unspecified atom stereocenters. The lowest BCUT2D eigenvalue weighted by Gasteiger charge is -2.15. The highest BCUT2D eigenvalue weighted by Crippen LogP contribution is 2.17. The Morgan fingerprint density at radius 3 is 2.68 bits per heavy atom. The van der Waals surface area contributed by atoms with Crippen molar-refractivity contribution in [2.75, 3.05) is 26.7 Å². The Morgan fingerprint density at radius 2 is 1.96 bits per heavy atom. The number of halogens is 1. The highest BCUT2D eigenvalue weighted by Gasteiger charge is 2.05. The van der Waals surface area contributed by atoms with Crippen LogP contribution in [-0.4, -0.2) is 47.5 Å². The molecule has 156 valence electrons. The summed E-state index contributed by atoms with van der Waals surface area (Å²) >= 11 is 0. The minimum Gasteiger partial charge on any atom is -0.496 e. The molecular weight excluding hydrogens is 467 g/mol. The van der Waals surface area contributed by atoms with Gasteiger partial charge in [-0.2, -0.15) is 0 Å². The van der Waals surface area contributed by atoms with E-state index in [9.17, 15) is 0 Å². The summed E-state index contributed by atoms with van der Waals surface area (Å²) in [4.78, 5) is 4.68. The molecule has 2 N–H and O–H groups in total. The number of rotatable bonds is 10. The fraction of sp³-hybridized carbons (Fsp3) is 0.550. The van der Waals surface area contributed by atoms with Gasteiger partial charge in [0.05, 0.1) is 7.11 Å². The van der Waals surface area contributed by atoms with Crippen molar-refractivity contribution in [2.45, 2.75) is 40.2 Å². The zero-order chi connectivity index (χ0) is 19.5. The number of methoxy groups -OCH3 is 1. The zero-order valence-corrected chi connectivity index (χ0v) is 19.6. The molecule has 0 atom stereocenters. The molecule has 0 radical (unpaired) electrons. The second kappa shape index (κ2) is 13.4. The number of ether oxygens (including phenoxy) is 1. The van der Waals surface area contributed by atoms with E-state index in [0.717, 1.165) is 56.6 Å². The summed E-state index contributed by atoms with van der Waals surface area (Å²) in [6.45, 7) is 9.58. The van der Waals surface area contributed by atoms with Gasteiger partial charge < -0.3 is 19.9 Å². The molecule has 7 nitrogen and oxygen atoms in total. The maximum absolute atomic E-state index is 5.42. The van der Waals surface area contributed by atoms with E-state index in [2.05, 4.69) is 57.2 Å². The maximum Gasteiger partial charge on any atom is 0.191 e. The van der Waals surface area contributed by atoms with Crippen molar-refractivity contribution >= 4 is 29.9 Å². The Kier molecular flexibility index (Phi) is 11.5. The van der Waals surface area contributed by atoms with Gasteiger partial charge in [0.25, 0.3) is 0 Å². The van der Waals surface area contributed by atoms with Gasteiger partial charge in [0.2, 0.25) is 0 Å². The second-order valence-corrected chi connectivity index (χ2v) is 6.79. The van der Waals surface area contributed by atoms with E-state index >= 15 is 0 Å². The summed E-state index contributed by atoms with van der Waals surface area (Å²) in [5.74, 6) is 3.28. The van der Waals surface area contributed by atoms with Crippen LogP contribution in [0.25, 0.3) is 0 Å². The van der Waals surface area contributed by atoms with Gasteiger partial charge in [-0.3, -0.25) is 4.99 Å². The summed E-state index contributed by atoms with van der Waals surface area (Å²) in [7, 11) is 1.71. The van der Waals surface area contributed by atoms with Gasteiger partial charge in [0.1, 0.15) is 17.9 Å². The predicted molar refractivity (Wildman–Crippen MR) is 125 cm³/mol. The van der Waals surface area contributed by atoms with Crippen LogP contribution in [0.4, 0.5) is 0 Å². The van der Waals surface area contributed by atoms with Crippen molar-refractivity contribution in [3.8, 4) is 5.75 Å². The Balaban J connectivity index is 0.00000392. The maximum atomic E-state index is 5.42. The summed E-state index contributed by atoms with van der Waals surface area (Å²) in [6.07, 6.45) is 3.53. The number of nitrogens with one attached hydrogen (secondary N) is 2. The lowest BCUT2D eigenvalue weighted by Crippen LogP contribution is -2.40. The summed E-state index contributed by atoms with van der Waals surface area (Å²) in [5, 5.41) is 14.9. The molecular formula is C20H33IN6O. The summed E-state index contributed by atoms with van der Waals surface area (Å²) in [6, 6.07) is 8.11. The van der Waals surface area contributed by atoms with Crippen molar-refractivity contribution in [3.05, 3.63) is 42.0 Å².